The van der Waals surface area contributed by atoms with Crippen molar-refractivity contribution >= 4 is 11.9 Å². The van der Waals surface area contributed by atoms with E-state index in [2.05, 4.69) is 0 Å². The number of nitrogens with zero attached hydrogens (tertiary/aromatic N) is 3. The van der Waals surface area contributed by atoms with Gasteiger partial charge < -0.3 is 30.0 Å². The first kappa shape index (κ1) is 30.8. The number of urea groups is 1. The van der Waals surface area contributed by atoms with Gasteiger partial charge in [0.15, 0.2) is 0 Å². The van der Waals surface area contributed by atoms with Gasteiger partial charge in [0, 0.05) is 33.4 Å². The van der Waals surface area contributed by atoms with Crippen molar-refractivity contribution in [2.24, 2.45) is 5.41 Å². The fourth-order valence-electron chi connectivity index (χ4n) is 6.60. The third-order valence-electron chi connectivity index (χ3n) is 8.68. The summed E-state index contributed by atoms with van der Waals surface area (Å²) in [7, 11) is 1.46. The Morgan fingerprint density at radius 3 is 2.32 bits per heavy atom. The second-order valence-electron chi connectivity index (χ2n) is 11.2. The molecule has 3 N–H and O–H groups in total. The van der Waals surface area contributed by atoms with Gasteiger partial charge in [-0.05, 0) is 61.9 Å². The Bertz CT molecular complexity index is 1260. The van der Waals surface area contributed by atoms with Gasteiger partial charge >= 0.3 is 12.2 Å². The van der Waals surface area contributed by atoms with E-state index >= 15 is 0 Å². The van der Waals surface area contributed by atoms with E-state index < -0.39 is 47.9 Å². The molecule has 11 heteroatoms. The summed E-state index contributed by atoms with van der Waals surface area (Å²) in [4.78, 5) is 32.5. The van der Waals surface area contributed by atoms with E-state index in [0.717, 1.165) is 23.3 Å². The van der Waals surface area contributed by atoms with Gasteiger partial charge in [0.05, 0.1) is 35.7 Å². The Kier molecular flexibility index (Phi) is 9.01. The van der Waals surface area contributed by atoms with Crippen molar-refractivity contribution in [1.82, 2.24) is 14.7 Å². The van der Waals surface area contributed by atoms with E-state index in [1.807, 2.05) is 31.2 Å². The molecule has 4 rings (SSSR count). The summed E-state index contributed by atoms with van der Waals surface area (Å²) < 4.78 is 40.7. The topological polar surface area (TPSA) is 105 Å². The lowest BCUT2D eigenvalue weighted by Gasteiger charge is -2.47. The number of carbonyl (C=O) groups is 2. The number of aliphatic hydroxyl groups excluding tert-OH is 3. The Balaban J connectivity index is 1.74. The highest BCUT2D eigenvalue weighted by molar-refractivity contribution is 5.86. The number of hydrogen-bond acceptors (Lipinski definition) is 5. The van der Waals surface area contributed by atoms with Crippen molar-refractivity contribution in [3.63, 3.8) is 0 Å². The average molecular weight is 578 g/mol. The molecule has 2 aliphatic rings. The van der Waals surface area contributed by atoms with Gasteiger partial charge in [-0.2, -0.15) is 13.2 Å². The highest BCUT2D eigenvalue weighted by atomic mass is 19.4. The van der Waals surface area contributed by atoms with Crippen LogP contribution in [0.15, 0.2) is 42.5 Å². The first-order valence-electron chi connectivity index (χ1n) is 13.8. The first-order chi connectivity index (χ1) is 19.4. The SMILES string of the molecule is Cc1cc([C@@H](CO)N(C)C(=O)N2CCN3C(=O)C(CCO)(CCO)C[C@H]3[C@@H]2c2ccccc2C)cc(C(F)(F)F)c1. The lowest BCUT2D eigenvalue weighted by Crippen LogP contribution is -2.58. The van der Waals surface area contributed by atoms with Gasteiger partial charge in [0.25, 0.3) is 0 Å². The molecule has 0 spiro atoms. The van der Waals surface area contributed by atoms with E-state index in [1.165, 1.54) is 24.9 Å². The van der Waals surface area contributed by atoms with Crippen molar-refractivity contribution in [2.45, 2.75) is 57.4 Å². The Labute approximate surface area is 238 Å². The van der Waals surface area contributed by atoms with Crippen LogP contribution in [0.4, 0.5) is 18.0 Å². The van der Waals surface area contributed by atoms with Crippen LogP contribution in [0, 0.1) is 19.3 Å². The molecule has 8 nitrogen and oxygen atoms in total. The number of piperazine rings is 1. The van der Waals surface area contributed by atoms with Gasteiger partial charge in [0.2, 0.25) is 5.91 Å². The maximum absolute atomic E-state index is 14.2. The van der Waals surface area contributed by atoms with E-state index in [-0.39, 0.29) is 50.6 Å². The monoisotopic (exact) mass is 577 g/mol. The molecule has 224 valence electrons. The minimum Gasteiger partial charge on any atom is -0.396 e. The smallest absolute Gasteiger partial charge is 0.396 e. The number of amides is 3. The summed E-state index contributed by atoms with van der Waals surface area (Å²) in [6.07, 6.45) is -3.87. The summed E-state index contributed by atoms with van der Waals surface area (Å²) in [5, 5.41) is 29.8. The van der Waals surface area contributed by atoms with Gasteiger partial charge in [0.1, 0.15) is 0 Å². The normalized spacial score (nSPS) is 21.1. The third kappa shape index (κ3) is 5.80. The fraction of sp³-hybridized carbons (Fsp3) is 0.533. The second kappa shape index (κ2) is 12.0. The lowest BCUT2D eigenvalue weighted by atomic mass is 9.77. The molecule has 2 heterocycles. The van der Waals surface area contributed by atoms with Gasteiger partial charge in [-0.1, -0.05) is 35.9 Å². The number of alkyl halides is 3. The Hall–Kier alpha value is -3.15. The molecule has 2 aromatic carbocycles. The first-order valence-corrected chi connectivity index (χ1v) is 13.8. The molecule has 3 atom stereocenters. The quantitative estimate of drug-likeness (QED) is 0.443. The zero-order valence-corrected chi connectivity index (χ0v) is 23.6. The molecule has 41 heavy (non-hydrogen) atoms. The third-order valence-corrected chi connectivity index (χ3v) is 8.68. The van der Waals surface area contributed by atoms with Crippen molar-refractivity contribution in [1.29, 1.82) is 0 Å². The van der Waals surface area contributed by atoms with Crippen LogP contribution in [0.25, 0.3) is 0 Å². The maximum Gasteiger partial charge on any atom is 0.416 e. The van der Waals surface area contributed by atoms with Gasteiger partial charge in [-0.3, -0.25) is 4.79 Å². The largest absolute Gasteiger partial charge is 0.416 e. The minimum atomic E-state index is -4.58. The van der Waals surface area contributed by atoms with Crippen LogP contribution in [-0.4, -0.2) is 88.0 Å². The fourth-order valence-corrected chi connectivity index (χ4v) is 6.60. The van der Waals surface area contributed by atoms with Crippen LogP contribution in [0.2, 0.25) is 0 Å². The highest BCUT2D eigenvalue weighted by Gasteiger charge is 2.56. The number of fused-ring (bicyclic) bond motifs is 1. The van der Waals surface area contributed by atoms with Gasteiger partial charge in [-0.15, -0.1) is 0 Å². The number of hydrogen-bond donors (Lipinski definition) is 3. The zero-order chi connectivity index (χ0) is 30.1. The summed E-state index contributed by atoms with van der Waals surface area (Å²) in [6, 6.07) is 8.51. The van der Waals surface area contributed by atoms with Crippen LogP contribution >= 0.6 is 0 Å². The van der Waals surface area contributed by atoms with Crippen molar-refractivity contribution in [3.8, 4) is 0 Å². The number of benzene rings is 2. The summed E-state index contributed by atoms with van der Waals surface area (Å²) in [6.45, 7) is 2.81. The molecule has 2 fully saturated rings. The molecular formula is C30H38F3N3O5. The molecule has 2 saturated heterocycles. The van der Waals surface area contributed by atoms with Gasteiger partial charge in [-0.25, -0.2) is 4.79 Å². The van der Waals surface area contributed by atoms with Crippen LogP contribution in [0.5, 0.6) is 0 Å². The molecule has 0 aliphatic carbocycles. The van der Waals surface area contributed by atoms with Crippen LogP contribution in [-0.2, 0) is 11.0 Å². The number of aryl methyl sites for hydroxylation is 2. The Morgan fingerprint density at radius 1 is 1.07 bits per heavy atom. The van der Waals surface area contributed by atoms with Crippen molar-refractivity contribution in [3.05, 3.63) is 70.3 Å². The minimum absolute atomic E-state index is 0.155. The summed E-state index contributed by atoms with van der Waals surface area (Å²) in [5.41, 5.74) is 0.448. The number of aliphatic hydroxyl groups is 3. The molecular weight excluding hydrogens is 539 g/mol. The standard InChI is InChI=1S/C30H38F3N3O5/c1-19-14-21(16-22(15-19)30(31,32)33)25(18-39)34(3)28(41)36-11-10-35-24(26(36)23-7-5-4-6-20(23)2)17-29(8-12-37,9-13-38)27(35)40/h4-7,14-16,24-26,37-39H,8-13,17-18H2,1-3H3/t24-,25+,26-/m0/s1. The van der Waals surface area contributed by atoms with Crippen molar-refractivity contribution in [2.75, 3.05) is 40.0 Å². The van der Waals surface area contributed by atoms with Crippen LogP contribution in [0.1, 0.15) is 59.2 Å². The molecule has 0 unspecified atom stereocenters. The molecule has 2 aromatic rings. The Morgan fingerprint density at radius 2 is 1.73 bits per heavy atom. The van der Waals surface area contributed by atoms with E-state index in [9.17, 15) is 38.1 Å². The second-order valence-corrected chi connectivity index (χ2v) is 11.2. The molecule has 0 aromatic heterocycles. The molecule has 0 saturated carbocycles. The van der Waals surface area contributed by atoms with Crippen LogP contribution < -0.4 is 0 Å². The molecule has 3 amide bonds. The van der Waals surface area contributed by atoms with Crippen molar-refractivity contribution < 1.29 is 38.1 Å². The summed E-state index contributed by atoms with van der Waals surface area (Å²) in [5.74, 6) is -0.155. The number of carbonyl (C=O) groups excluding carboxylic acids is 2. The predicted octanol–water partition coefficient (Wildman–Crippen LogP) is 3.82. The lowest BCUT2D eigenvalue weighted by molar-refractivity contribution is -0.140. The maximum atomic E-state index is 14.2. The molecule has 0 radical (unpaired) electrons. The van der Waals surface area contributed by atoms with E-state index in [4.69, 9.17) is 0 Å². The van der Waals surface area contributed by atoms with Crippen LogP contribution in [0.3, 0.4) is 0 Å². The summed E-state index contributed by atoms with van der Waals surface area (Å²) >= 11 is 0. The number of likely N-dealkylation sites (N-methyl/N-ethyl adjacent to an activating group) is 1. The zero-order valence-electron chi connectivity index (χ0n) is 23.6. The number of halogens is 3. The highest BCUT2D eigenvalue weighted by Crippen LogP contribution is 2.49. The van der Waals surface area contributed by atoms with E-state index in [1.54, 1.807) is 9.80 Å². The predicted molar refractivity (Wildman–Crippen MR) is 146 cm³/mol. The number of rotatable bonds is 8. The average Bonchev–Trinajstić information content (AvgIpc) is 3.19. The molecule has 2 aliphatic heterocycles. The van der Waals surface area contributed by atoms with E-state index in [0.29, 0.717) is 12.0 Å². The molecule has 0 bridgehead atoms.